The molecule has 0 unspecified atom stereocenters. The zero-order chi connectivity index (χ0) is 20.9. The highest BCUT2D eigenvalue weighted by Gasteiger charge is 2.34. The zero-order valence-corrected chi connectivity index (χ0v) is 14.8. The second-order valence-electron chi connectivity index (χ2n) is 6.38. The molecule has 0 saturated carbocycles. The third-order valence-corrected chi connectivity index (χ3v) is 4.15. The van der Waals surface area contributed by atoms with E-state index in [2.05, 4.69) is 10.2 Å². The Balaban J connectivity index is 2.10. The van der Waals surface area contributed by atoms with E-state index in [0.717, 1.165) is 11.6 Å². The molecule has 5 nitrogen and oxygen atoms in total. The third-order valence-electron chi connectivity index (χ3n) is 4.15. The van der Waals surface area contributed by atoms with Crippen molar-refractivity contribution >= 4 is 17.3 Å². The number of aliphatic hydroxyl groups is 1. The van der Waals surface area contributed by atoms with Crippen molar-refractivity contribution in [1.82, 2.24) is 0 Å². The van der Waals surface area contributed by atoms with Crippen LogP contribution in [0.25, 0.3) is 4.85 Å². The Morgan fingerprint density at radius 2 is 1.89 bits per heavy atom. The van der Waals surface area contributed by atoms with Gasteiger partial charge in [0.2, 0.25) is 0 Å². The summed E-state index contributed by atoms with van der Waals surface area (Å²) in [7, 11) is 0. The number of nitrogens with one attached hydrogen (secondary N) is 1. The minimum Gasteiger partial charge on any atom is -0.380 e. The summed E-state index contributed by atoms with van der Waals surface area (Å²) in [5, 5.41) is 21.4. The number of rotatable bonds is 5. The second kappa shape index (κ2) is 8.12. The number of hydrogen-bond donors (Lipinski definition) is 2. The Bertz CT molecular complexity index is 953. The van der Waals surface area contributed by atoms with E-state index in [-0.39, 0.29) is 12.1 Å². The standard InChI is InChI=1S/C20H16F3N3O2/c1-19(28,10-9-13-3-5-14(12-24)6-4-13)18(27)26-15-7-8-17(25-2)16(11-15)20(21,22)23/h3-8,11,28H,9-10H2,1H3,(H,26,27)/t19-/m0/s1. The third kappa shape index (κ3) is 5.09. The first kappa shape index (κ1) is 20.9. The lowest BCUT2D eigenvalue weighted by molar-refractivity contribution is -0.137. The fourth-order valence-electron chi connectivity index (χ4n) is 2.45. The minimum absolute atomic E-state index is 0.0248. The number of amides is 1. The molecule has 0 aromatic heterocycles. The Kier molecular flexibility index (Phi) is 6.07. The van der Waals surface area contributed by atoms with Crippen molar-refractivity contribution in [3.8, 4) is 6.07 Å². The van der Waals surface area contributed by atoms with E-state index in [1.165, 1.54) is 13.0 Å². The normalized spacial score (nSPS) is 13.1. The molecule has 2 rings (SSSR count). The molecule has 0 spiro atoms. The lowest BCUT2D eigenvalue weighted by atomic mass is 9.95. The number of alkyl halides is 3. The van der Waals surface area contributed by atoms with Gasteiger partial charge in [0.05, 0.1) is 23.8 Å². The quantitative estimate of drug-likeness (QED) is 0.744. The number of halogens is 3. The molecule has 2 aromatic carbocycles. The number of aryl methyl sites for hydroxylation is 1. The number of nitrogens with zero attached hydrogens (tertiary/aromatic N) is 2. The zero-order valence-electron chi connectivity index (χ0n) is 14.8. The summed E-state index contributed by atoms with van der Waals surface area (Å²) >= 11 is 0. The fraction of sp³-hybridized carbons (Fsp3) is 0.250. The predicted molar refractivity (Wildman–Crippen MR) is 96.4 cm³/mol. The van der Waals surface area contributed by atoms with Crippen molar-refractivity contribution < 1.29 is 23.1 Å². The molecule has 1 atom stereocenters. The fourth-order valence-corrected chi connectivity index (χ4v) is 2.45. The average molecular weight is 387 g/mol. The van der Waals surface area contributed by atoms with Crippen LogP contribution in [0.5, 0.6) is 0 Å². The summed E-state index contributed by atoms with van der Waals surface area (Å²) in [6.45, 7) is 8.09. The molecule has 2 aromatic rings. The van der Waals surface area contributed by atoms with Gasteiger partial charge in [-0.3, -0.25) is 4.79 Å². The van der Waals surface area contributed by atoms with E-state index in [0.29, 0.717) is 18.1 Å². The van der Waals surface area contributed by atoms with Gasteiger partial charge in [-0.25, -0.2) is 4.85 Å². The molecular weight excluding hydrogens is 371 g/mol. The second-order valence-corrected chi connectivity index (χ2v) is 6.38. The highest BCUT2D eigenvalue weighted by Crippen LogP contribution is 2.38. The molecule has 0 aliphatic carbocycles. The van der Waals surface area contributed by atoms with Crippen LogP contribution in [0.3, 0.4) is 0 Å². The maximum absolute atomic E-state index is 13.0. The van der Waals surface area contributed by atoms with Crippen LogP contribution in [0, 0.1) is 17.9 Å². The van der Waals surface area contributed by atoms with Crippen LogP contribution in [0.15, 0.2) is 42.5 Å². The number of anilines is 1. The first-order valence-electron chi connectivity index (χ1n) is 8.18. The molecule has 0 saturated heterocycles. The summed E-state index contributed by atoms with van der Waals surface area (Å²) in [6, 6.07) is 11.4. The first-order valence-corrected chi connectivity index (χ1v) is 8.18. The van der Waals surface area contributed by atoms with Crippen molar-refractivity contribution in [2.45, 2.75) is 31.5 Å². The molecule has 28 heavy (non-hydrogen) atoms. The molecule has 1 amide bonds. The van der Waals surface area contributed by atoms with Gasteiger partial charge in [0.1, 0.15) is 5.60 Å². The number of carbonyl (C=O) groups is 1. The van der Waals surface area contributed by atoms with E-state index in [1.807, 2.05) is 6.07 Å². The lowest BCUT2D eigenvalue weighted by Crippen LogP contribution is -2.40. The van der Waals surface area contributed by atoms with Crippen molar-refractivity contribution in [2.24, 2.45) is 0 Å². The highest BCUT2D eigenvalue weighted by molar-refractivity contribution is 5.97. The van der Waals surface area contributed by atoms with Gasteiger partial charge in [-0.1, -0.05) is 18.2 Å². The molecule has 0 bridgehead atoms. The monoisotopic (exact) mass is 387 g/mol. The molecule has 8 heteroatoms. The highest BCUT2D eigenvalue weighted by atomic mass is 19.4. The first-order chi connectivity index (χ1) is 13.1. The van der Waals surface area contributed by atoms with Crippen LogP contribution in [0.1, 0.15) is 30.0 Å². The van der Waals surface area contributed by atoms with Gasteiger partial charge in [0, 0.05) is 5.69 Å². The van der Waals surface area contributed by atoms with Crippen molar-refractivity contribution in [3.05, 3.63) is 70.6 Å². The van der Waals surface area contributed by atoms with Gasteiger partial charge in [-0.15, -0.1) is 0 Å². The summed E-state index contributed by atoms with van der Waals surface area (Å²) < 4.78 is 39.1. The molecule has 144 valence electrons. The van der Waals surface area contributed by atoms with Crippen LogP contribution in [-0.4, -0.2) is 16.6 Å². The molecule has 0 heterocycles. The maximum Gasteiger partial charge on any atom is 0.407 e. The van der Waals surface area contributed by atoms with Gasteiger partial charge in [-0.05, 0) is 49.6 Å². The average Bonchev–Trinajstić information content (AvgIpc) is 2.66. The molecule has 0 fully saturated rings. The minimum atomic E-state index is -4.74. The molecule has 0 aliphatic heterocycles. The van der Waals surface area contributed by atoms with E-state index >= 15 is 0 Å². The smallest absolute Gasteiger partial charge is 0.380 e. The van der Waals surface area contributed by atoms with E-state index in [4.69, 9.17) is 11.8 Å². The van der Waals surface area contributed by atoms with Gasteiger partial charge < -0.3 is 10.4 Å². The molecular formula is C20H16F3N3O2. The van der Waals surface area contributed by atoms with Crippen molar-refractivity contribution in [1.29, 1.82) is 5.26 Å². The summed E-state index contributed by atoms with van der Waals surface area (Å²) in [6.07, 6.45) is -4.38. The number of nitriles is 1. The van der Waals surface area contributed by atoms with E-state index in [1.54, 1.807) is 24.3 Å². The summed E-state index contributed by atoms with van der Waals surface area (Å²) in [4.78, 5) is 15.2. The topological polar surface area (TPSA) is 77.5 Å². The number of carbonyl (C=O) groups excluding carboxylic acids is 1. The van der Waals surface area contributed by atoms with E-state index < -0.39 is 28.9 Å². The van der Waals surface area contributed by atoms with Gasteiger partial charge >= 0.3 is 6.18 Å². The SMILES string of the molecule is [C-]#[N+]c1ccc(NC(=O)[C@@](C)(O)CCc2ccc(C#N)cc2)cc1C(F)(F)F. The Labute approximate surface area is 159 Å². The molecule has 0 aliphatic rings. The van der Waals surface area contributed by atoms with Gasteiger partial charge in [0.25, 0.3) is 5.91 Å². The predicted octanol–water partition coefficient (Wildman–Crippen LogP) is 4.45. The number of hydrogen-bond acceptors (Lipinski definition) is 3. The Morgan fingerprint density at radius 1 is 1.25 bits per heavy atom. The Morgan fingerprint density at radius 3 is 2.43 bits per heavy atom. The van der Waals surface area contributed by atoms with Crippen LogP contribution < -0.4 is 5.32 Å². The van der Waals surface area contributed by atoms with Crippen molar-refractivity contribution in [2.75, 3.05) is 5.32 Å². The van der Waals surface area contributed by atoms with E-state index in [9.17, 15) is 23.1 Å². The van der Waals surface area contributed by atoms with Crippen LogP contribution in [-0.2, 0) is 17.4 Å². The molecule has 0 radical (unpaired) electrons. The summed E-state index contributed by atoms with van der Waals surface area (Å²) in [5.41, 5.74) is -2.44. The van der Waals surface area contributed by atoms with Crippen LogP contribution in [0.2, 0.25) is 0 Å². The number of benzene rings is 2. The van der Waals surface area contributed by atoms with Gasteiger partial charge in [0.15, 0.2) is 5.69 Å². The van der Waals surface area contributed by atoms with Crippen LogP contribution in [0.4, 0.5) is 24.5 Å². The van der Waals surface area contributed by atoms with Gasteiger partial charge in [-0.2, -0.15) is 18.4 Å². The van der Waals surface area contributed by atoms with Crippen LogP contribution >= 0.6 is 0 Å². The van der Waals surface area contributed by atoms with Crippen molar-refractivity contribution in [3.63, 3.8) is 0 Å². The Hall–Kier alpha value is -3.36. The largest absolute Gasteiger partial charge is 0.407 e. The lowest BCUT2D eigenvalue weighted by Gasteiger charge is -2.23. The maximum atomic E-state index is 13.0. The summed E-state index contributed by atoms with van der Waals surface area (Å²) in [5.74, 6) is -0.857. The molecule has 2 N–H and O–H groups in total.